The van der Waals surface area contributed by atoms with Crippen LogP contribution >= 0.6 is 11.6 Å². The van der Waals surface area contributed by atoms with Crippen LogP contribution < -0.4 is 5.32 Å². The van der Waals surface area contributed by atoms with Gasteiger partial charge in [-0.25, -0.2) is 4.98 Å². The molecule has 0 aromatic carbocycles. The summed E-state index contributed by atoms with van der Waals surface area (Å²) < 4.78 is 1.67. The first-order valence-corrected chi connectivity index (χ1v) is 6.26. The Kier molecular flexibility index (Phi) is 3.85. The lowest BCUT2D eigenvalue weighted by molar-refractivity contribution is -0.116. The Bertz CT molecular complexity index is 621. The van der Waals surface area contributed by atoms with Gasteiger partial charge in [0.15, 0.2) is 0 Å². The second-order valence-corrected chi connectivity index (χ2v) is 4.82. The monoisotopic (exact) mass is 278 g/mol. The van der Waals surface area contributed by atoms with E-state index in [1.165, 1.54) is 6.20 Å². The zero-order valence-electron chi connectivity index (χ0n) is 11.1. The summed E-state index contributed by atoms with van der Waals surface area (Å²) in [6.07, 6.45) is 1.54. The minimum Gasteiger partial charge on any atom is -0.323 e. The third kappa shape index (κ3) is 3.32. The van der Waals surface area contributed by atoms with E-state index in [2.05, 4.69) is 15.4 Å². The summed E-state index contributed by atoms with van der Waals surface area (Å²) in [5.74, 6) is -0.144. The summed E-state index contributed by atoms with van der Waals surface area (Å²) in [6, 6.07) is 3.72. The Morgan fingerprint density at radius 3 is 2.68 bits per heavy atom. The summed E-state index contributed by atoms with van der Waals surface area (Å²) in [7, 11) is 0. The molecule has 0 radical (unpaired) electrons. The van der Waals surface area contributed by atoms with Crippen molar-refractivity contribution in [1.82, 2.24) is 14.8 Å². The molecule has 6 heteroatoms. The van der Waals surface area contributed by atoms with E-state index in [1.807, 2.05) is 26.8 Å². The Balaban J connectivity index is 2.05. The number of aromatic nitrogens is 3. The van der Waals surface area contributed by atoms with Crippen molar-refractivity contribution in [2.24, 2.45) is 0 Å². The van der Waals surface area contributed by atoms with Gasteiger partial charge in [0.2, 0.25) is 5.91 Å². The first-order chi connectivity index (χ1) is 8.95. The van der Waals surface area contributed by atoms with Gasteiger partial charge in [-0.1, -0.05) is 11.6 Å². The number of carbonyl (C=O) groups is 1. The molecule has 0 aliphatic heterocycles. The van der Waals surface area contributed by atoms with Gasteiger partial charge in [-0.3, -0.25) is 9.48 Å². The van der Waals surface area contributed by atoms with Crippen molar-refractivity contribution in [3.05, 3.63) is 40.4 Å². The van der Waals surface area contributed by atoms with Crippen molar-refractivity contribution in [3.8, 4) is 0 Å². The first-order valence-electron chi connectivity index (χ1n) is 5.89. The highest BCUT2D eigenvalue weighted by Crippen LogP contribution is 2.16. The van der Waals surface area contributed by atoms with E-state index in [1.54, 1.807) is 10.7 Å². The summed E-state index contributed by atoms with van der Waals surface area (Å²) in [4.78, 5) is 15.9. The van der Waals surface area contributed by atoms with Crippen LogP contribution in [0.1, 0.15) is 17.0 Å². The fourth-order valence-electron chi connectivity index (χ4n) is 1.80. The molecule has 2 aromatic heterocycles. The Morgan fingerprint density at radius 1 is 1.37 bits per heavy atom. The van der Waals surface area contributed by atoms with E-state index in [0.29, 0.717) is 10.8 Å². The van der Waals surface area contributed by atoms with Crippen molar-refractivity contribution in [2.75, 3.05) is 5.32 Å². The molecule has 0 saturated carbocycles. The van der Waals surface area contributed by atoms with E-state index >= 15 is 0 Å². The summed E-state index contributed by atoms with van der Waals surface area (Å²) in [5.41, 5.74) is 3.31. The smallest absolute Gasteiger partial charge is 0.246 e. The van der Waals surface area contributed by atoms with Crippen molar-refractivity contribution >= 4 is 23.2 Å². The maximum atomic E-state index is 11.9. The van der Waals surface area contributed by atoms with Gasteiger partial charge in [-0.2, -0.15) is 5.10 Å². The molecule has 1 amide bonds. The van der Waals surface area contributed by atoms with Crippen molar-refractivity contribution in [2.45, 2.75) is 27.3 Å². The van der Waals surface area contributed by atoms with Gasteiger partial charge in [0.25, 0.3) is 0 Å². The van der Waals surface area contributed by atoms with Crippen molar-refractivity contribution in [1.29, 1.82) is 0 Å². The molecule has 0 bridgehead atoms. The lowest BCUT2D eigenvalue weighted by Crippen LogP contribution is -2.20. The number of hydrogen-bond acceptors (Lipinski definition) is 3. The maximum Gasteiger partial charge on any atom is 0.246 e. The van der Waals surface area contributed by atoms with Gasteiger partial charge in [0.1, 0.15) is 11.7 Å². The van der Waals surface area contributed by atoms with E-state index in [0.717, 1.165) is 17.0 Å². The number of nitrogens with one attached hydrogen (secondary N) is 1. The molecule has 0 saturated heterocycles. The van der Waals surface area contributed by atoms with Crippen LogP contribution in [0.3, 0.4) is 0 Å². The summed E-state index contributed by atoms with van der Waals surface area (Å²) >= 11 is 5.83. The van der Waals surface area contributed by atoms with Crippen LogP contribution in [0.15, 0.2) is 18.3 Å². The SMILES string of the molecule is Cc1cc(C)n(CC(=O)Nc2cnc(Cl)c(C)c2)n1. The normalized spacial score (nSPS) is 10.5. The number of anilines is 1. The molecule has 0 aliphatic carbocycles. The summed E-state index contributed by atoms with van der Waals surface area (Å²) in [6.45, 7) is 5.84. The molecule has 0 unspecified atom stereocenters. The fraction of sp³-hybridized carbons (Fsp3) is 0.308. The van der Waals surface area contributed by atoms with Crippen molar-refractivity contribution in [3.63, 3.8) is 0 Å². The van der Waals surface area contributed by atoms with Gasteiger partial charge >= 0.3 is 0 Å². The second kappa shape index (κ2) is 5.40. The predicted molar refractivity (Wildman–Crippen MR) is 74.3 cm³/mol. The minimum atomic E-state index is -0.144. The molecular weight excluding hydrogens is 264 g/mol. The lowest BCUT2D eigenvalue weighted by atomic mass is 10.3. The lowest BCUT2D eigenvalue weighted by Gasteiger charge is -2.07. The van der Waals surface area contributed by atoms with E-state index in [4.69, 9.17) is 11.6 Å². The molecular formula is C13H15ClN4O. The Hall–Kier alpha value is -1.88. The largest absolute Gasteiger partial charge is 0.323 e. The second-order valence-electron chi connectivity index (χ2n) is 4.46. The van der Waals surface area contributed by atoms with E-state index in [9.17, 15) is 4.79 Å². The average Bonchev–Trinajstić information content (AvgIpc) is 2.62. The Morgan fingerprint density at radius 2 is 2.11 bits per heavy atom. The fourth-order valence-corrected chi connectivity index (χ4v) is 1.90. The van der Waals surface area contributed by atoms with Crippen LogP contribution in [-0.4, -0.2) is 20.7 Å². The number of carbonyl (C=O) groups excluding carboxylic acids is 1. The van der Waals surface area contributed by atoms with Crippen molar-refractivity contribution < 1.29 is 4.79 Å². The number of aryl methyl sites for hydroxylation is 3. The molecule has 0 aliphatic rings. The molecule has 2 heterocycles. The van der Waals surface area contributed by atoms with Gasteiger partial charge < -0.3 is 5.32 Å². The molecule has 2 aromatic rings. The summed E-state index contributed by atoms with van der Waals surface area (Å²) in [5, 5.41) is 7.46. The Labute approximate surface area is 116 Å². The molecule has 2 rings (SSSR count). The van der Waals surface area contributed by atoms with Gasteiger partial charge in [0.05, 0.1) is 17.6 Å². The number of pyridine rings is 1. The zero-order valence-corrected chi connectivity index (χ0v) is 11.8. The topological polar surface area (TPSA) is 59.8 Å². The molecule has 0 spiro atoms. The van der Waals surface area contributed by atoms with Gasteiger partial charge in [-0.05, 0) is 38.5 Å². The molecule has 1 N–H and O–H groups in total. The van der Waals surface area contributed by atoms with E-state index in [-0.39, 0.29) is 12.5 Å². The van der Waals surface area contributed by atoms with Crippen LogP contribution in [0.25, 0.3) is 0 Å². The van der Waals surface area contributed by atoms with Crippen LogP contribution in [0.2, 0.25) is 5.15 Å². The maximum absolute atomic E-state index is 11.9. The standard InChI is InChI=1S/C13H15ClN4O/c1-8-4-11(6-15-13(8)14)16-12(19)7-18-10(3)5-9(2)17-18/h4-6H,7H2,1-3H3,(H,16,19). The quantitative estimate of drug-likeness (QED) is 0.878. The number of nitrogens with zero attached hydrogens (tertiary/aromatic N) is 3. The number of rotatable bonds is 3. The van der Waals surface area contributed by atoms with Crippen LogP contribution in [-0.2, 0) is 11.3 Å². The van der Waals surface area contributed by atoms with Crippen LogP contribution in [0.5, 0.6) is 0 Å². The average molecular weight is 279 g/mol. The highest BCUT2D eigenvalue weighted by atomic mass is 35.5. The highest BCUT2D eigenvalue weighted by molar-refractivity contribution is 6.30. The minimum absolute atomic E-state index is 0.144. The van der Waals surface area contributed by atoms with E-state index < -0.39 is 0 Å². The van der Waals surface area contributed by atoms with Crippen LogP contribution in [0, 0.1) is 20.8 Å². The molecule has 0 fully saturated rings. The number of amides is 1. The molecule has 100 valence electrons. The third-order valence-electron chi connectivity index (χ3n) is 2.69. The zero-order chi connectivity index (χ0) is 14.0. The third-order valence-corrected chi connectivity index (χ3v) is 3.09. The molecule has 0 atom stereocenters. The highest BCUT2D eigenvalue weighted by Gasteiger charge is 2.08. The number of hydrogen-bond donors (Lipinski definition) is 1. The van der Waals surface area contributed by atoms with Crippen LogP contribution in [0.4, 0.5) is 5.69 Å². The van der Waals surface area contributed by atoms with Gasteiger partial charge in [0, 0.05) is 5.69 Å². The molecule has 19 heavy (non-hydrogen) atoms. The number of halogens is 1. The predicted octanol–water partition coefficient (Wildman–Crippen LogP) is 2.50. The van der Waals surface area contributed by atoms with Gasteiger partial charge in [-0.15, -0.1) is 0 Å². The molecule has 5 nitrogen and oxygen atoms in total. The first kappa shape index (κ1) is 13.5.